The Balaban J connectivity index is 2.48. The second-order valence-corrected chi connectivity index (χ2v) is 5.28. The largest absolute Gasteiger partial charge is 0.281 e. The van der Waals surface area contributed by atoms with Crippen molar-refractivity contribution in [3.63, 3.8) is 0 Å². The van der Waals surface area contributed by atoms with E-state index in [0.717, 1.165) is 20.5 Å². The van der Waals surface area contributed by atoms with Gasteiger partial charge in [0.15, 0.2) is 0 Å². The van der Waals surface area contributed by atoms with Gasteiger partial charge in [0.2, 0.25) is 0 Å². The van der Waals surface area contributed by atoms with Crippen LogP contribution in [0.2, 0.25) is 0 Å². The second kappa shape index (κ2) is 5.05. The van der Waals surface area contributed by atoms with E-state index in [1.807, 2.05) is 0 Å². The van der Waals surface area contributed by atoms with Gasteiger partial charge in [0.05, 0.1) is 4.92 Å². The fourth-order valence-electron chi connectivity index (χ4n) is 1.77. The zero-order chi connectivity index (χ0) is 13.3. The summed E-state index contributed by atoms with van der Waals surface area (Å²) in [4.78, 5) is 10.2. The number of benzene rings is 1. The number of nitro benzene ring substituents is 1. The molecule has 5 nitrogen and oxygen atoms in total. The molecule has 0 aliphatic heterocycles. The summed E-state index contributed by atoms with van der Waals surface area (Å²) in [6, 6.07) is 6.55. The third-order valence-electron chi connectivity index (χ3n) is 2.69. The van der Waals surface area contributed by atoms with E-state index in [9.17, 15) is 10.1 Å². The number of nitrogens with zero attached hydrogens (tertiary/aromatic N) is 2. The Hall–Kier alpha value is -1.44. The molecule has 0 saturated carbocycles. The summed E-state index contributed by atoms with van der Waals surface area (Å²) in [5.74, 6) is 0.325. The highest BCUT2D eigenvalue weighted by molar-refractivity contribution is 14.1. The first-order valence-corrected chi connectivity index (χ1v) is 6.57. The number of rotatable bonds is 3. The first-order chi connectivity index (χ1) is 8.50. The number of hydrogen-bond acceptors (Lipinski definition) is 3. The zero-order valence-corrected chi connectivity index (χ0v) is 12.1. The van der Waals surface area contributed by atoms with Crippen molar-refractivity contribution >= 4 is 28.3 Å². The molecule has 0 bridgehead atoms. The third kappa shape index (κ3) is 2.38. The highest BCUT2D eigenvalue weighted by Gasteiger charge is 2.16. The number of halogens is 1. The van der Waals surface area contributed by atoms with E-state index in [4.69, 9.17) is 0 Å². The van der Waals surface area contributed by atoms with E-state index in [1.54, 1.807) is 12.1 Å². The first-order valence-electron chi connectivity index (χ1n) is 5.49. The molecule has 0 unspecified atom stereocenters. The molecule has 1 N–H and O–H groups in total. The number of nitro groups is 1. The predicted octanol–water partition coefficient (Wildman–Crippen LogP) is 3.71. The van der Waals surface area contributed by atoms with Gasteiger partial charge in [0, 0.05) is 23.4 Å². The van der Waals surface area contributed by atoms with Gasteiger partial charge in [0.25, 0.3) is 5.69 Å². The monoisotopic (exact) mass is 357 g/mol. The van der Waals surface area contributed by atoms with Gasteiger partial charge < -0.3 is 0 Å². The number of non-ortho nitro benzene ring substituents is 1. The fourth-order valence-corrected chi connectivity index (χ4v) is 2.50. The Labute approximate surface area is 118 Å². The number of nitrogens with one attached hydrogen (secondary N) is 1. The standard InChI is InChI=1S/C12H12IN3O2/c1-7(2)11-10(12(13)15-14-11)8-3-5-9(6-4-8)16(17)18/h3-7H,1-2H3,(H,14,15). The average molecular weight is 357 g/mol. The molecule has 2 aromatic rings. The highest BCUT2D eigenvalue weighted by Crippen LogP contribution is 2.32. The van der Waals surface area contributed by atoms with Crippen LogP contribution >= 0.6 is 22.6 Å². The lowest BCUT2D eigenvalue weighted by atomic mass is 10.00. The number of H-pyrrole nitrogens is 1. The summed E-state index contributed by atoms with van der Waals surface area (Å²) < 4.78 is 0.880. The zero-order valence-electron chi connectivity index (χ0n) is 9.98. The van der Waals surface area contributed by atoms with Crippen molar-refractivity contribution in [2.24, 2.45) is 0 Å². The minimum Gasteiger partial charge on any atom is -0.281 e. The van der Waals surface area contributed by atoms with Crippen LogP contribution in [0.15, 0.2) is 24.3 Å². The molecule has 0 spiro atoms. The lowest BCUT2D eigenvalue weighted by Crippen LogP contribution is -1.92. The lowest BCUT2D eigenvalue weighted by Gasteiger charge is -2.06. The van der Waals surface area contributed by atoms with Crippen LogP contribution < -0.4 is 0 Å². The maximum atomic E-state index is 10.6. The van der Waals surface area contributed by atoms with E-state index in [0.29, 0.717) is 5.92 Å². The summed E-state index contributed by atoms with van der Waals surface area (Å²) in [5.41, 5.74) is 3.12. The summed E-state index contributed by atoms with van der Waals surface area (Å²) in [6.45, 7) is 4.16. The summed E-state index contributed by atoms with van der Waals surface area (Å²) >= 11 is 2.16. The normalized spacial score (nSPS) is 10.9. The van der Waals surface area contributed by atoms with Crippen molar-refractivity contribution in [2.75, 3.05) is 0 Å². The van der Waals surface area contributed by atoms with Crippen molar-refractivity contribution in [2.45, 2.75) is 19.8 Å². The smallest absolute Gasteiger partial charge is 0.269 e. The molecule has 1 aromatic carbocycles. The van der Waals surface area contributed by atoms with Crippen molar-refractivity contribution in [1.82, 2.24) is 10.2 Å². The topological polar surface area (TPSA) is 71.8 Å². The Kier molecular flexibility index (Phi) is 3.65. The van der Waals surface area contributed by atoms with E-state index >= 15 is 0 Å². The van der Waals surface area contributed by atoms with Crippen LogP contribution in [-0.2, 0) is 0 Å². The number of aromatic amines is 1. The van der Waals surface area contributed by atoms with Crippen LogP contribution in [0.1, 0.15) is 25.5 Å². The Morgan fingerprint density at radius 3 is 2.44 bits per heavy atom. The van der Waals surface area contributed by atoms with Gasteiger partial charge >= 0.3 is 0 Å². The lowest BCUT2D eigenvalue weighted by molar-refractivity contribution is -0.384. The molecule has 0 aliphatic rings. The first kappa shape index (κ1) is 13.0. The maximum absolute atomic E-state index is 10.6. The molecule has 18 heavy (non-hydrogen) atoms. The molecule has 6 heteroatoms. The van der Waals surface area contributed by atoms with Crippen LogP contribution in [0.5, 0.6) is 0 Å². The van der Waals surface area contributed by atoms with E-state index < -0.39 is 4.92 Å². The molecule has 0 radical (unpaired) electrons. The van der Waals surface area contributed by atoms with Crippen molar-refractivity contribution in [1.29, 1.82) is 0 Å². The van der Waals surface area contributed by atoms with Gasteiger partial charge in [-0.1, -0.05) is 13.8 Å². The molecular formula is C12H12IN3O2. The maximum Gasteiger partial charge on any atom is 0.269 e. The molecule has 0 aliphatic carbocycles. The SMILES string of the molecule is CC(C)c1[nH]nc(I)c1-c1ccc([N+](=O)[O-])cc1. The van der Waals surface area contributed by atoms with Gasteiger partial charge in [-0.15, -0.1) is 0 Å². The quantitative estimate of drug-likeness (QED) is 0.517. The van der Waals surface area contributed by atoms with Crippen LogP contribution in [0.3, 0.4) is 0 Å². The van der Waals surface area contributed by atoms with Gasteiger partial charge in [-0.2, -0.15) is 5.10 Å². The third-order valence-corrected chi connectivity index (χ3v) is 3.47. The summed E-state index contributed by atoms with van der Waals surface area (Å²) in [5, 5.41) is 17.8. The Morgan fingerprint density at radius 1 is 1.33 bits per heavy atom. The minimum atomic E-state index is -0.395. The Morgan fingerprint density at radius 2 is 1.94 bits per heavy atom. The molecular weight excluding hydrogens is 345 g/mol. The molecule has 1 heterocycles. The van der Waals surface area contributed by atoms with Crippen molar-refractivity contribution in [3.05, 3.63) is 43.8 Å². The molecule has 94 valence electrons. The van der Waals surface area contributed by atoms with E-state index in [1.165, 1.54) is 12.1 Å². The minimum absolute atomic E-state index is 0.100. The van der Waals surface area contributed by atoms with Gasteiger partial charge in [0.1, 0.15) is 3.70 Å². The van der Waals surface area contributed by atoms with Crippen LogP contribution in [-0.4, -0.2) is 15.1 Å². The van der Waals surface area contributed by atoms with Crippen LogP contribution in [0, 0.1) is 13.8 Å². The summed E-state index contributed by atoms with van der Waals surface area (Å²) in [6.07, 6.45) is 0. The van der Waals surface area contributed by atoms with Gasteiger partial charge in [-0.05, 0) is 46.2 Å². The predicted molar refractivity (Wildman–Crippen MR) is 77.5 cm³/mol. The van der Waals surface area contributed by atoms with Crippen molar-refractivity contribution < 1.29 is 4.92 Å². The van der Waals surface area contributed by atoms with Crippen molar-refractivity contribution in [3.8, 4) is 11.1 Å². The highest BCUT2D eigenvalue weighted by atomic mass is 127. The van der Waals surface area contributed by atoms with E-state index in [2.05, 4.69) is 46.6 Å². The van der Waals surface area contributed by atoms with Gasteiger partial charge in [-0.25, -0.2) is 0 Å². The average Bonchev–Trinajstić information content (AvgIpc) is 2.71. The number of hydrogen-bond donors (Lipinski definition) is 1. The van der Waals surface area contributed by atoms with Gasteiger partial charge in [-0.3, -0.25) is 15.2 Å². The second-order valence-electron chi connectivity index (χ2n) is 4.26. The van der Waals surface area contributed by atoms with Crippen LogP contribution in [0.25, 0.3) is 11.1 Å². The summed E-state index contributed by atoms with van der Waals surface area (Å²) in [7, 11) is 0. The Bertz CT molecular complexity index is 576. The fraction of sp³-hybridized carbons (Fsp3) is 0.250. The van der Waals surface area contributed by atoms with E-state index in [-0.39, 0.29) is 5.69 Å². The molecule has 0 saturated heterocycles. The van der Waals surface area contributed by atoms with Crippen LogP contribution in [0.4, 0.5) is 5.69 Å². The molecule has 0 atom stereocenters. The molecule has 1 aromatic heterocycles. The molecule has 0 fully saturated rings. The molecule has 0 amide bonds. The number of aromatic nitrogens is 2. The molecule has 2 rings (SSSR count).